The van der Waals surface area contributed by atoms with E-state index in [0.717, 1.165) is 5.56 Å². The Bertz CT molecular complexity index is 537. The van der Waals surface area contributed by atoms with Gasteiger partial charge in [0, 0.05) is 0 Å². The minimum absolute atomic E-state index is 0.186. The first kappa shape index (κ1) is 18.0. The van der Waals surface area contributed by atoms with Gasteiger partial charge in [-0.05, 0) is 42.0 Å². The molecule has 1 amide bonds. The molecular formula is C17H25NO4. The maximum absolute atomic E-state index is 11.8. The second-order valence-corrected chi connectivity index (χ2v) is 6.09. The van der Waals surface area contributed by atoms with E-state index in [-0.39, 0.29) is 12.5 Å². The van der Waals surface area contributed by atoms with Gasteiger partial charge in [0.1, 0.15) is 11.8 Å². The molecule has 0 saturated heterocycles. The molecule has 122 valence electrons. The molecule has 0 aliphatic carbocycles. The molecule has 2 N–H and O–H groups in total. The Morgan fingerprint density at radius 3 is 2.32 bits per heavy atom. The molecule has 0 unspecified atom stereocenters. The predicted octanol–water partition coefficient (Wildman–Crippen LogP) is 2.72. The summed E-state index contributed by atoms with van der Waals surface area (Å²) in [6, 6.07) is 4.80. The second-order valence-electron chi connectivity index (χ2n) is 6.09. The summed E-state index contributed by atoms with van der Waals surface area (Å²) in [5, 5.41) is 11.5. The quantitative estimate of drug-likeness (QED) is 0.812. The Morgan fingerprint density at radius 1 is 1.23 bits per heavy atom. The number of carboxylic acid groups (broad SMARTS) is 1. The highest BCUT2D eigenvalue weighted by atomic mass is 16.5. The fourth-order valence-electron chi connectivity index (χ4n) is 2.26. The Labute approximate surface area is 131 Å². The summed E-state index contributed by atoms with van der Waals surface area (Å²) < 4.78 is 5.44. The summed E-state index contributed by atoms with van der Waals surface area (Å²) in [5.41, 5.74) is 2.35. The van der Waals surface area contributed by atoms with E-state index >= 15 is 0 Å². The summed E-state index contributed by atoms with van der Waals surface area (Å²) >= 11 is 0. The van der Waals surface area contributed by atoms with Crippen LogP contribution in [-0.2, 0) is 9.59 Å². The lowest BCUT2D eigenvalue weighted by Gasteiger charge is -2.18. The summed E-state index contributed by atoms with van der Waals surface area (Å²) in [7, 11) is 0. The van der Waals surface area contributed by atoms with Crippen molar-refractivity contribution in [3.63, 3.8) is 0 Å². The van der Waals surface area contributed by atoms with Crippen LogP contribution in [0.1, 0.15) is 44.7 Å². The van der Waals surface area contributed by atoms with Crippen molar-refractivity contribution in [1.29, 1.82) is 0 Å². The molecule has 0 bridgehead atoms. The van der Waals surface area contributed by atoms with Gasteiger partial charge in [0.15, 0.2) is 6.61 Å². The zero-order chi connectivity index (χ0) is 16.9. The number of carbonyl (C=O) groups is 2. The molecular weight excluding hydrogens is 282 g/mol. The lowest BCUT2D eigenvalue weighted by atomic mass is 9.98. The Kier molecular flexibility index (Phi) is 6.40. The van der Waals surface area contributed by atoms with E-state index in [9.17, 15) is 9.59 Å². The maximum Gasteiger partial charge on any atom is 0.326 e. The summed E-state index contributed by atoms with van der Waals surface area (Å²) in [6.45, 7) is 9.53. The van der Waals surface area contributed by atoms with Gasteiger partial charge in [-0.25, -0.2) is 4.79 Å². The van der Waals surface area contributed by atoms with Gasteiger partial charge >= 0.3 is 5.97 Å². The van der Waals surface area contributed by atoms with Crippen molar-refractivity contribution in [2.75, 3.05) is 6.61 Å². The van der Waals surface area contributed by atoms with Gasteiger partial charge in [-0.2, -0.15) is 0 Å². The van der Waals surface area contributed by atoms with Crippen LogP contribution in [0.5, 0.6) is 5.75 Å². The molecule has 1 atom stereocenters. The average molecular weight is 307 g/mol. The molecule has 0 fully saturated rings. The van der Waals surface area contributed by atoms with Crippen LogP contribution >= 0.6 is 0 Å². The molecule has 0 radical (unpaired) electrons. The first-order valence-corrected chi connectivity index (χ1v) is 7.48. The van der Waals surface area contributed by atoms with Crippen molar-refractivity contribution in [1.82, 2.24) is 5.32 Å². The molecule has 0 aliphatic rings. The number of hydrogen-bond acceptors (Lipinski definition) is 3. The standard InChI is InChI=1S/C17H25NO4/c1-10(2)14-7-6-13(8-12(14)5)22-9-15(19)18-16(11(3)4)17(20)21/h6-8,10-11,16H,9H2,1-5H3,(H,18,19)(H,20,21)/t16-/m1/s1. The Morgan fingerprint density at radius 2 is 1.86 bits per heavy atom. The first-order chi connectivity index (χ1) is 10.2. The first-order valence-electron chi connectivity index (χ1n) is 7.48. The minimum atomic E-state index is -1.04. The summed E-state index contributed by atoms with van der Waals surface area (Å²) in [6.07, 6.45) is 0. The van der Waals surface area contributed by atoms with Gasteiger partial charge < -0.3 is 15.2 Å². The maximum atomic E-state index is 11.8. The number of carboxylic acids is 1. The van der Waals surface area contributed by atoms with Gasteiger partial charge in [0.05, 0.1) is 0 Å². The van der Waals surface area contributed by atoms with Gasteiger partial charge in [0.2, 0.25) is 0 Å². The third-order valence-corrected chi connectivity index (χ3v) is 3.48. The highest BCUT2D eigenvalue weighted by molar-refractivity contribution is 5.84. The van der Waals surface area contributed by atoms with Crippen LogP contribution in [0.25, 0.3) is 0 Å². The lowest BCUT2D eigenvalue weighted by molar-refractivity contribution is -0.143. The number of benzene rings is 1. The van der Waals surface area contributed by atoms with Crippen LogP contribution in [0.4, 0.5) is 0 Å². The number of rotatable bonds is 7. The number of amides is 1. The SMILES string of the molecule is Cc1cc(OCC(=O)N[C@@H](C(=O)O)C(C)C)ccc1C(C)C. The molecule has 1 rings (SSSR count). The topological polar surface area (TPSA) is 75.6 Å². The zero-order valence-corrected chi connectivity index (χ0v) is 13.8. The molecule has 0 heterocycles. The van der Waals surface area contributed by atoms with Crippen LogP contribution in [0, 0.1) is 12.8 Å². The normalized spacial score (nSPS) is 12.3. The van der Waals surface area contributed by atoms with E-state index in [4.69, 9.17) is 9.84 Å². The van der Waals surface area contributed by atoms with E-state index in [2.05, 4.69) is 19.2 Å². The number of nitrogens with one attached hydrogen (secondary N) is 1. The third-order valence-electron chi connectivity index (χ3n) is 3.48. The fourth-order valence-corrected chi connectivity index (χ4v) is 2.26. The molecule has 1 aromatic rings. The number of hydrogen-bond donors (Lipinski definition) is 2. The third kappa shape index (κ3) is 5.06. The van der Waals surface area contributed by atoms with Crippen LogP contribution in [-0.4, -0.2) is 29.6 Å². The van der Waals surface area contributed by atoms with E-state index < -0.39 is 17.9 Å². The molecule has 0 spiro atoms. The van der Waals surface area contributed by atoms with Gasteiger partial charge in [-0.15, -0.1) is 0 Å². The summed E-state index contributed by atoms with van der Waals surface area (Å²) in [4.78, 5) is 22.8. The monoisotopic (exact) mass is 307 g/mol. The highest BCUT2D eigenvalue weighted by Gasteiger charge is 2.23. The molecule has 5 heteroatoms. The van der Waals surface area contributed by atoms with E-state index in [0.29, 0.717) is 11.7 Å². The fraction of sp³-hybridized carbons (Fsp3) is 0.529. The van der Waals surface area contributed by atoms with Crippen molar-refractivity contribution >= 4 is 11.9 Å². The second kappa shape index (κ2) is 7.82. The van der Waals surface area contributed by atoms with Crippen molar-refractivity contribution in [2.45, 2.75) is 46.6 Å². The number of aliphatic carboxylic acids is 1. The lowest BCUT2D eigenvalue weighted by Crippen LogP contribution is -2.46. The van der Waals surface area contributed by atoms with Crippen molar-refractivity contribution < 1.29 is 19.4 Å². The minimum Gasteiger partial charge on any atom is -0.484 e. The van der Waals surface area contributed by atoms with Crippen molar-refractivity contribution in [2.24, 2.45) is 5.92 Å². The molecule has 5 nitrogen and oxygen atoms in total. The number of aryl methyl sites for hydroxylation is 1. The molecule has 0 aliphatic heterocycles. The van der Waals surface area contributed by atoms with Crippen molar-refractivity contribution in [3.05, 3.63) is 29.3 Å². The van der Waals surface area contributed by atoms with Crippen LogP contribution in [0.3, 0.4) is 0 Å². The average Bonchev–Trinajstić information content (AvgIpc) is 2.41. The number of ether oxygens (including phenoxy) is 1. The van der Waals surface area contributed by atoms with Crippen LogP contribution in [0.15, 0.2) is 18.2 Å². The molecule has 0 saturated carbocycles. The molecule has 0 aromatic heterocycles. The van der Waals surface area contributed by atoms with E-state index in [1.807, 2.05) is 25.1 Å². The van der Waals surface area contributed by atoms with E-state index in [1.165, 1.54) is 5.56 Å². The molecule has 1 aromatic carbocycles. The van der Waals surface area contributed by atoms with Gasteiger partial charge in [0.25, 0.3) is 5.91 Å². The van der Waals surface area contributed by atoms with Crippen LogP contribution < -0.4 is 10.1 Å². The summed E-state index contributed by atoms with van der Waals surface area (Å²) in [5.74, 6) is -0.630. The Hall–Kier alpha value is -2.04. The Balaban J connectivity index is 2.61. The van der Waals surface area contributed by atoms with Gasteiger partial charge in [-0.3, -0.25) is 4.79 Å². The predicted molar refractivity (Wildman–Crippen MR) is 85.2 cm³/mol. The zero-order valence-electron chi connectivity index (χ0n) is 13.8. The smallest absolute Gasteiger partial charge is 0.326 e. The van der Waals surface area contributed by atoms with Crippen LogP contribution in [0.2, 0.25) is 0 Å². The molecule has 22 heavy (non-hydrogen) atoms. The highest BCUT2D eigenvalue weighted by Crippen LogP contribution is 2.23. The number of carbonyl (C=O) groups excluding carboxylic acids is 1. The van der Waals surface area contributed by atoms with Crippen molar-refractivity contribution in [3.8, 4) is 5.75 Å². The van der Waals surface area contributed by atoms with Gasteiger partial charge in [-0.1, -0.05) is 33.8 Å². The largest absolute Gasteiger partial charge is 0.484 e. The van der Waals surface area contributed by atoms with E-state index in [1.54, 1.807) is 13.8 Å².